The van der Waals surface area contributed by atoms with Gasteiger partial charge in [-0.2, -0.15) is 11.8 Å². The molecule has 1 amide bonds. The van der Waals surface area contributed by atoms with E-state index in [2.05, 4.69) is 10.2 Å². The number of hydrogen-bond donors (Lipinski definition) is 2. The highest BCUT2D eigenvalue weighted by atomic mass is 32.2. The summed E-state index contributed by atoms with van der Waals surface area (Å²) in [5, 5.41) is 2.67. The summed E-state index contributed by atoms with van der Waals surface area (Å²) in [7, 11) is 1.65. The van der Waals surface area contributed by atoms with Gasteiger partial charge >= 0.3 is 0 Å². The van der Waals surface area contributed by atoms with Crippen LogP contribution in [0.4, 0.5) is 11.4 Å². The number of anilines is 2. The number of hydrogen-bond acceptors (Lipinski definition) is 4. The number of nitrogen functional groups attached to an aromatic ring is 1. The molecule has 1 aromatic rings. The predicted molar refractivity (Wildman–Crippen MR) is 73.8 cm³/mol. The average Bonchev–Trinajstić information content (AvgIpc) is 2.39. The van der Waals surface area contributed by atoms with E-state index in [0.29, 0.717) is 11.3 Å². The zero-order chi connectivity index (χ0) is 12.3. The normalized spacial score (nSPS) is 15.7. The summed E-state index contributed by atoms with van der Waals surface area (Å²) in [6.45, 7) is 1.94. The first-order valence-electron chi connectivity index (χ1n) is 5.66. The van der Waals surface area contributed by atoms with Gasteiger partial charge < -0.3 is 16.0 Å². The van der Waals surface area contributed by atoms with E-state index in [0.717, 1.165) is 30.3 Å². The lowest BCUT2D eigenvalue weighted by molar-refractivity contribution is 0.0963. The van der Waals surface area contributed by atoms with Crippen molar-refractivity contribution in [3.8, 4) is 0 Å². The number of carbonyl (C=O) groups excluding carboxylic acids is 1. The molecule has 1 aliphatic heterocycles. The lowest BCUT2D eigenvalue weighted by Gasteiger charge is -2.30. The molecule has 17 heavy (non-hydrogen) atoms. The Labute approximate surface area is 106 Å². The summed E-state index contributed by atoms with van der Waals surface area (Å²) < 4.78 is 0. The van der Waals surface area contributed by atoms with Crippen LogP contribution in [0.2, 0.25) is 0 Å². The fourth-order valence-electron chi connectivity index (χ4n) is 1.94. The number of benzene rings is 1. The number of rotatable bonds is 2. The molecule has 1 saturated heterocycles. The molecule has 0 saturated carbocycles. The number of nitrogens with zero attached hydrogens (tertiary/aromatic N) is 1. The van der Waals surface area contributed by atoms with E-state index in [1.165, 1.54) is 0 Å². The second kappa shape index (κ2) is 5.31. The Morgan fingerprint density at radius 1 is 1.41 bits per heavy atom. The molecule has 0 spiro atoms. The van der Waals surface area contributed by atoms with Crippen LogP contribution in [0.1, 0.15) is 10.4 Å². The molecule has 3 N–H and O–H groups in total. The Balaban J connectivity index is 2.35. The standard InChI is InChI=1S/C12H17N3OS/c1-14-12(16)10-3-2-9(13)8-11(10)15-4-6-17-7-5-15/h2-3,8H,4-7,13H2,1H3,(H,14,16). The SMILES string of the molecule is CNC(=O)c1ccc(N)cc1N1CCSCC1. The van der Waals surface area contributed by atoms with Crippen molar-refractivity contribution in [1.82, 2.24) is 5.32 Å². The Morgan fingerprint density at radius 3 is 2.76 bits per heavy atom. The third-order valence-corrected chi connectivity index (χ3v) is 3.79. The van der Waals surface area contributed by atoms with E-state index in [4.69, 9.17) is 5.73 Å². The summed E-state index contributed by atoms with van der Waals surface area (Å²) in [6.07, 6.45) is 0. The second-order valence-electron chi connectivity index (χ2n) is 3.96. The molecule has 0 aromatic heterocycles. The zero-order valence-electron chi connectivity index (χ0n) is 9.90. The van der Waals surface area contributed by atoms with Gasteiger partial charge in [-0.3, -0.25) is 4.79 Å². The van der Waals surface area contributed by atoms with Gasteiger partial charge in [-0.25, -0.2) is 0 Å². The number of thioether (sulfide) groups is 1. The van der Waals surface area contributed by atoms with Crippen LogP contribution in [0.5, 0.6) is 0 Å². The van der Waals surface area contributed by atoms with Gasteiger partial charge in [0.05, 0.1) is 11.3 Å². The molecule has 0 radical (unpaired) electrons. The Hall–Kier alpha value is -1.36. The average molecular weight is 251 g/mol. The monoisotopic (exact) mass is 251 g/mol. The molecule has 0 bridgehead atoms. The first-order chi connectivity index (χ1) is 8.22. The number of amides is 1. The zero-order valence-corrected chi connectivity index (χ0v) is 10.7. The lowest BCUT2D eigenvalue weighted by atomic mass is 10.1. The highest BCUT2D eigenvalue weighted by molar-refractivity contribution is 7.99. The van der Waals surface area contributed by atoms with Crippen LogP contribution in [0.15, 0.2) is 18.2 Å². The fraction of sp³-hybridized carbons (Fsp3) is 0.417. The maximum Gasteiger partial charge on any atom is 0.253 e. The molecule has 2 rings (SSSR count). The fourth-order valence-corrected chi connectivity index (χ4v) is 2.84. The topological polar surface area (TPSA) is 58.4 Å². The number of carbonyl (C=O) groups is 1. The van der Waals surface area contributed by atoms with Crippen molar-refractivity contribution < 1.29 is 4.79 Å². The van der Waals surface area contributed by atoms with Crippen molar-refractivity contribution in [2.45, 2.75) is 0 Å². The Bertz CT molecular complexity index is 416. The number of nitrogens with two attached hydrogens (primary N) is 1. The molecular formula is C12H17N3OS. The van der Waals surface area contributed by atoms with Crippen LogP contribution < -0.4 is 16.0 Å². The first kappa shape index (κ1) is 12.1. The van der Waals surface area contributed by atoms with Crippen molar-refractivity contribution in [3.05, 3.63) is 23.8 Å². The van der Waals surface area contributed by atoms with Crippen molar-refractivity contribution in [2.75, 3.05) is 42.3 Å². The van der Waals surface area contributed by atoms with E-state index in [1.54, 1.807) is 19.2 Å². The number of nitrogens with one attached hydrogen (secondary N) is 1. The molecule has 92 valence electrons. The van der Waals surface area contributed by atoms with Gasteiger partial charge in [0.1, 0.15) is 0 Å². The Kier molecular flexibility index (Phi) is 3.78. The predicted octanol–water partition coefficient (Wildman–Crippen LogP) is 1.18. The lowest BCUT2D eigenvalue weighted by Crippen LogP contribution is -2.34. The maximum absolute atomic E-state index is 11.8. The molecule has 0 atom stereocenters. The van der Waals surface area contributed by atoms with Crippen molar-refractivity contribution in [1.29, 1.82) is 0 Å². The van der Waals surface area contributed by atoms with Crippen LogP contribution in [0, 0.1) is 0 Å². The third kappa shape index (κ3) is 2.66. The molecule has 5 heteroatoms. The van der Waals surface area contributed by atoms with Crippen LogP contribution in [-0.2, 0) is 0 Å². The van der Waals surface area contributed by atoms with E-state index in [9.17, 15) is 4.79 Å². The minimum Gasteiger partial charge on any atom is -0.399 e. The van der Waals surface area contributed by atoms with Crippen molar-refractivity contribution in [3.63, 3.8) is 0 Å². The van der Waals surface area contributed by atoms with E-state index >= 15 is 0 Å². The summed E-state index contributed by atoms with van der Waals surface area (Å²) in [6, 6.07) is 5.46. The van der Waals surface area contributed by atoms with Gasteiger partial charge in [-0.05, 0) is 18.2 Å². The van der Waals surface area contributed by atoms with Gasteiger partial charge in [0.15, 0.2) is 0 Å². The second-order valence-corrected chi connectivity index (χ2v) is 5.18. The van der Waals surface area contributed by atoms with Gasteiger partial charge in [-0.1, -0.05) is 0 Å². The van der Waals surface area contributed by atoms with Gasteiger partial charge in [-0.15, -0.1) is 0 Å². The summed E-state index contributed by atoms with van der Waals surface area (Å²) in [5.74, 6) is 2.14. The molecule has 1 fully saturated rings. The largest absolute Gasteiger partial charge is 0.399 e. The highest BCUT2D eigenvalue weighted by Gasteiger charge is 2.18. The molecule has 1 heterocycles. The molecule has 0 aliphatic carbocycles. The molecule has 1 aromatic carbocycles. The third-order valence-electron chi connectivity index (χ3n) is 2.85. The molecular weight excluding hydrogens is 234 g/mol. The van der Waals surface area contributed by atoms with Crippen LogP contribution >= 0.6 is 11.8 Å². The van der Waals surface area contributed by atoms with Crippen LogP contribution in [0.3, 0.4) is 0 Å². The van der Waals surface area contributed by atoms with E-state index in [-0.39, 0.29) is 5.91 Å². The van der Waals surface area contributed by atoms with E-state index in [1.807, 2.05) is 17.8 Å². The molecule has 0 unspecified atom stereocenters. The van der Waals surface area contributed by atoms with E-state index < -0.39 is 0 Å². The van der Waals surface area contributed by atoms with Gasteiger partial charge in [0, 0.05) is 37.3 Å². The molecule has 4 nitrogen and oxygen atoms in total. The molecule has 1 aliphatic rings. The minimum absolute atomic E-state index is 0.0572. The first-order valence-corrected chi connectivity index (χ1v) is 6.82. The summed E-state index contributed by atoms with van der Waals surface area (Å²) >= 11 is 1.94. The van der Waals surface area contributed by atoms with Crippen LogP contribution in [0.25, 0.3) is 0 Å². The minimum atomic E-state index is -0.0572. The Morgan fingerprint density at radius 2 is 2.12 bits per heavy atom. The quantitative estimate of drug-likeness (QED) is 0.775. The van der Waals surface area contributed by atoms with Crippen molar-refractivity contribution in [2.24, 2.45) is 0 Å². The van der Waals surface area contributed by atoms with Crippen molar-refractivity contribution >= 4 is 29.0 Å². The smallest absolute Gasteiger partial charge is 0.253 e. The van der Waals surface area contributed by atoms with Crippen LogP contribution in [-0.4, -0.2) is 37.6 Å². The summed E-state index contributed by atoms with van der Waals surface area (Å²) in [5.41, 5.74) is 8.16. The highest BCUT2D eigenvalue weighted by Crippen LogP contribution is 2.26. The maximum atomic E-state index is 11.8. The van der Waals surface area contributed by atoms with Gasteiger partial charge in [0.25, 0.3) is 5.91 Å². The van der Waals surface area contributed by atoms with Gasteiger partial charge in [0.2, 0.25) is 0 Å². The summed E-state index contributed by atoms with van der Waals surface area (Å²) in [4.78, 5) is 14.0.